The molecule has 0 aliphatic carbocycles. The first-order chi connectivity index (χ1) is 13.5. The summed E-state index contributed by atoms with van der Waals surface area (Å²) in [6.07, 6.45) is 1.76. The van der Waals surface area contributed by atoms with E-state index >= 15 is 0 Å². The van der Waals surface area contributed by atoms with Gasteiger partial charge in [0.1, 0.15) is 0 Å². The molecule has 2 aromatic rings. The van der Waals surface area contributed by atoms with Crippen LogP contribution in [0.15, 0.2) is 45.5 Å². The number of hydrogen-bond donors (Lipinski definition) is 1. The van der Waals surface area contributed by atoms with Crippen molar-refractivity contribution < 1.29 is 23.5 Å². The summed E-state index contributed by atoms with van der Waals surface area (Å²) in [6.45, 7) is 2.55. The maximum atomic E-state index is 12.6. The summed E-state index contributed by atoms with van der Waals surface area (Å²) in [6, 6.07) is 10.5. The summed E-state index contributed by atoms with van der Waals surface area (Å²) >= 11 is 3.17. The zero-order valence-corrected chi connectivity index (χ0v) is 16.9. The fourth-order valence-electron chi connectivity index (χ4n) is 3.50. The number of piperidine rings is 1. The number of hydrogen-bond acceptors (Lipinski definition) is 5. The zero-order chi connectivity index (χ0) is 19.6. The van der Waals surface area contributed by atoms with Crippen molar-refractivity contribution in [2.24, 2.45) is 0 Å². The van der Waals surface area contributed by atoms with Crippen molar-refractivity contribution in [2.45, 2.75) is 25.0 Å². The quantitative estimate of drug-likeness (QED) is 0.776. The van der Waals surface area contributed by atoms with Crippen LogP contribution in [0.2, 0.25) is 0 Å². The van der Waals surface area contributed by atoms with E-state index in [0.29, 0.717) is 55.9 Å². The van der Waals surface area contributed by atoms with Crippen molar-refractivity contribution >= 4 is 33.4 Å². The lowest BCUT2D eigenvalue weighted by Crippen LogP contribution is -2.47. The van der Waals surface area contributed by atoms with Gasteiger partial charge in [-0.15, -0.1) is 0 Å². The Kier molecular flexibility index (Phi) is 5.52. The second kappa shape index (κ2) is 8.06. The normalized spacial score (nSPS) is 18.4. The van der Waals surface area contributed by atoms with E-state index in [4.69, 9.17) is 13.9 Å². The highest BCUT2D eigenvalue weighted by atomic mass is 79.9. The summed E-state index contributed by atoms with van der Waals surface area (Å²) in [5.74, 6) is -0.484. The van der Waals surface area contributed by atoms with Crippen molar-refractivity contribution in [3.8, 4) is 0 Å². The third kappa shape index (κ3) is 4.29. The first-order valence-corrected chi connectivity index (χ1v) is 10.0. The van der Waals surface area contributed by atoms with Crippen LogP contribution in [0.1, 0.15) is 29.0 Å². The van der Waals surface area contributed by atoms with Gasteiger partial charge < -0.3 is 24.1 Å². The Morgan fingerprint density at radius 1 is 1.04 bits per heavy atom. The molecule has 2 fully saturated rings. The number of benzene rings is 1. The highest BCUT2D eigenvalue weighted by molar-refractivity contribution is 9.10. The molecule has 2 saturated heterocycles. The first kappa shape index (κ1) is 19.2. The second-order valence-corrected chi connectivity index (χ2v) is 7.70. The molecule has 0 radical (unpaired) electrons. The van der Waals surface area contributed by atoms with Gasteiger partial charge in [0.2, 0.25) is 5.91 Å². The van der Waals surface area contributed by atoms with Gasteiger partial charge in [0.25, 0.3) is 5.91 Å². The van der Waals surface area contributed by atoms with Gasteiger partial charge in [0, 0.05) is 31.6 Å². The molecule has 4 rings (SSSR count). The third-order valence-corrected chi connectivity index (χ3v) is 5.48. The molecule has 2 aliphatic heterocycles. The Bertz CT molecular complexity index is 848. The summed E-state index contributed by atoms with van der Waals surface area (Å²) in [7, 11) is 0. The summed E-state index contributed by atoms with van der Waals surface area (Å²) in [5, 5.41) is 2.77. The molecule has 1 aromatic carbocycles. The summed E-state index contributed by atoms with van der Waals surface area (Å²) < 4.78 is 17.1. The molecular formula is C20H21BrN2O5. The van der Waals surface area contributed by atoms with Crippen LogP contribution in [0.25, 0.3) is 0 Å². The third-order valence-electron chi connectivity index (χ3n) is 5.06. The number of carbonyl (C=O) groups excluding carboxylic acids is 2. The van der Waals surface area contributed by atoms with Crippen LogP contribution in [-0.4, -0.2) is 48.8 Å². The average molecular weight is 449 g/mol. The molecule has 148 valence electrons. The Morgan fingerprint density at radius 3 is 2.32 bits per heavy atom. The van der Waals surface area contributed by atoms with Gasteiger partial charge in [-0.1, -0.05) is 12.1 Å². The molecule has 1 N–H and O–H groups in total. The number of rotatable bonds is 4. The lowest BCUT2D eigenvalue weighted by molar-refractivity contribution is -0.187. The lowest BCUT2D eigenvalue weighted by Gasteiger charge is -2.37. The molecule has 3 heterocycles. The number of nitrogens with zero attached hydrogens (tertiary/aromatic N) is 1. The molecule has 0 saturated carbocycles. The predicted molar refractivity (Wildman–Crippen MR) is 105 cm³/mol. The van der Waals surface area contributed by atoms with Crippen LogP contribution in [0.4, 0.5) is 5.69 Å². The molecule has 7 nitrogen and oxygen atoms in total. The summed E-state index contributed by atoms with van der Waals surface area (Å²) in [4.78, 5) is 26.5. The van der Waals surface area contributed by atoms with Gasteiger partial charge in [0.05, 0.1) is 19.6 Å². The monoisotopic (exact) mass is 448 g/mol. The van der Waals surface area contributed by atoms with Gasteiger partial charge in [-0.25, -0.2) is 0 Å². The fourth-order valence-corrected chi connectivity index (χ4v) is 3.81. The molecule has 1 spiro atoms. The van der Waals surface area contributed by atoms with Gasteiger partial charge >= 0.3 is 0 Å². The van der Waals surface area contributed by atoms with Crippen LogP contribution in [0.3, 0.4) is 0 Å². The minimum Gasteiger partial charge on any atom is -0.444 e. The van der Waals surface area contributed by atoms with E-state index in [0.717, 1.165) is 5.56 Å². The number of furan rings is 1. The number of carbonyl (C=O) groups is 2. The second-order valence-electron chi connectivity index (χ2n) is 6.92. The molecule has 2 amide bonds. The first-order valence-electron chi connectivity index (χ1n) is 9.24. The van der Waals surface area contributed by atoms with Crippen molar-refractivity contribution in [1.29, 1.82) is 0 Å². The largest absolute Gasteiger partial charge is 0.444 e. The minimum absolute atomic E-state index is 0.0880. The van der Waals surface area contributed by atoms with E-state index in [1.807, 2.05) is 17.0 Å². The Morgan fingerprint density at radius 2 is 1.71 bits per heavy atom. The molecular weight excluding hydrogens is 428 g/mol. The number of halogens is 1. The van der Waals surface area contributed by atoms with E-state index in [1.54, 1.807) is 24.3 Å². The number of amides is 2. The Hall–Kier alpha value is -2.16. The molecule has 8 heteroatoms. The van der Waals surface area contributed by atoms with Crippen molar-refractivity contribution in [3.05, 3.63) is 52.4 Å². The van der Waals surface area contributed by atoms with E-state index in [2.05, 4.69) is 21.2 Å². The molecule has 28 heavy (non-hydrogen) atoms. The maximum Gasteiger partial charge on any atom is 0.291 e. The molecule has 0 unspecified atom stereocenters. The van der Waals surface area contributed by atoms with Gasteiger partial charge in [-0.2, -0.15) is 0 Å². The van der Waals surface area contributed by atoms with Crippen LogP contribution in [0.5, 0.6) is 0 Å². The Balaban J connectivity index is 1.29. The molecule has 0 atom stereocenters. The average Bonchev–Trinajstić information content (AvgIpc) is 3.33. The fraction of sp³-hybridized carbons (Fsp3) is 0.400. The standard InChI is InChI=1S/C20H21BrN2O5/c21-17-6-5-16(28-17)19(25)22-15-3-1-14(2-4-15)13-18(24)23-9-7-20(8-10-23)26-11-12-27-20/h1-6H,7-13H2,(H,22,25). The van der Waals surface area contributed by atoms with Crippen LogP contribution < -0.4 is 5.32 Å². The van der Waals surface area contributed by atoms with E-state index < -0.39 is 5.79 Å². The van der Waals surface area contributed by atoms with Gasteiger partial charge in [-0.3, -0.25) is 9.59 Å². The van der Waals surface area contributed by atoms with E-state index in [9.17, 15) is 9.59 Å². The molecule has 2 aliphatic rings. The van der Waals surface area contributed by atoms with Crippen molar-refractivity contribution in [3.63, 3.8) is 0 Å². The molecule has 0 bridgehead atoms. The van der Waals surface area contributed by atoms with Crippen LogP contribution >= 0.6 is 15.9 Å². The Labute approximate surface area is 171 Å². The van der Waals surface area contributed by atoms with Gasteiger partial charge in [-0.05, 0) is 45.8 Å². The summed E-state index contributed by atoms with van der Waals surface area (Å²) in [5.41, 5.74) is 1.54. The smallest absolute Gasteiger partial charge is 0.291 e. The maximum absolute atomic E-state index is 12.6. The predicted octanol–water partition coefficient (Wildman–Crippen LogP) is 3.20. The number of ether oxygens (including phenoxy) is 2. The van der Waals surface area contributed by atoms with E-state index in [-0.39, 0.29) is 17.6 Å². The highest BCUT2D eigenvalue weighted by Gasteiger charge is 2.40. The topological polar surface area (TPSA) is 81.0 Å². The SMILES string of the molecule is O=C(Nc1ccc(CC(=O)N2CCC3(CC2)OCCO3)cc1)c1ccc(Br)o1. The number of nitrogens with one attached hydrogen (secondary N) is 1. The minimum atomic E-state index is -0.472. The van der Waals surface area contributed by atoms with Gasteiger partial charge in [0.15, 0.2) is 16.2 Å². The van der Waals surface area contributed by atoms with E-state index in [1.165, 1.54) is 0 Å². The number of anilines is 1. The number of likely N-dealkylation sites (tertiary alicyclic amines) is 1. The van der Waals surface area contributed by atoms with Crippen molar-refractivity contribution in [2.75, 3.05) is 31.6 Å². The molecule has 1 aromatic heterocycles. The van der Waals surface area contributed by atoms with Crippen LogP contribution in [0, 0.1) is 0 Å². The lowest BCUT2D eigenvalue weighted by atomic mass is 10.0. The van der Waals surface area contributed by atoms with Crippen LogP contribution in [-0.2, 0) is 20.7 Å². The van der Waals surface area contributed by atoms with Crippen molar-refractivity contribution in [1.82, 2.24) is 4.90 Å². The highest BCUT2D eigenvalue weighted by Crippen LogP contribution is 2.31. The zero-order valence-electron chi connectivity index (χ0n) is 15.3.